The molecule has 0 spiro atoms. The molecule has 0 aliphatic rings. The summed E-state index contributed by atoms with van der Waals surface area (Å²) in [6.45, 7) is 9.25. The molecule has 0 aliphatic carbocycles. The maximum atomic E-state index is 11.7. The van der Waals surface area contributed by atoms with Crippen LogP contribution in [0.15, 0.2) is 37.0 Å². The summed E-state index contributed by atoms with van der Waals surface area (Å²) in [4.78, 5) is 11.0. The summed E-state index contributed by atoms with van der Waals surface area (Å²) in [6.07, 6.45) is -0.674. The lowest BCUT2D eigenvalue weighted by atomic mass is 10.2. The van der Waals surface area contributed by atoms with Gasteiger partial charge < -0.3 is 5.32 Å². The Morgan fingerprint density at radius 2 is 1.81 bits per heavy atom. The van der Waals surface area contributed by atoms with Crippen LogP contribution in [0.25, 0.3) is 0 Å². The summed E-state index contributed by atoms with van der Waals surface area (Å²) in [6, 6.07) is 0. The molecule has 0 radical (unpaired) electrons. The first-order valence-corrected chi connectivity index (χ1v) is 4.71. The van der Waals surface area contributed by atoms with E-state index in [4.69, 9.17) is 0 Å². The maximum Gasteiger partial charge on any atom is 0.405 e. The Balaban J connectivity index is 0. The Labute approximate surface area is 93.5 Å². The van der Waals surface area contributed by atoms with Crippen molar-refractivity contribution in [3.8, 4) is 0 Å². The zero-order valence-corrected chi connectivity index (χ0v) is 9.40. The van der Waals surface area contributed by atoms with Crippen molar-refractivity contribution >= 4 is 5.91 Å². The van der Waals surface area contributed by atoms with E-state index < -0.39 is 18.6 Å². The molecule has 92 valence electrons. The van der Waals surface area contributed by atoms with Crippen molar-refractivity contribution in [2.24, 2.45) is 0 Å². The van der Waals surface area contributed by atoms with E-state index in [1.54, 1.807) is 5.32 Å². The molecule has 0 atom stereocenters. The Hall–Kier alpha value is -1.52. The van der Waals surface area contributed by atoms with Gasteiger partial charge >= 0.3 is 6.18 Å². The van der Waals surface area contributed by atoms with Crippen LogP contribution < -0.4 is 5.32 Å². The molecule has 0 saturated carbocycles. The third-order valence-electron chi connectivity index (χ3n) is 1.23. The van der Waals surface area contributed by atoms with Gasteiger partial charge in [-0.05, 0) is 0 Å². The summed E-state index contributed by atoms with van der Waals surface area (Å²) in [5.41, 5.74) is 0.0456. The van der Waals surface area contributed by atoms with Gasteiger partial charge in [-0.15, -0.1) is 0 Å². The molecule has 5 heteroatoms. The molecule has 0 aromatic carbocycles. The smallest absolute Gasteiger partial charge is 0.343 e. The monoisotopic (exact) mass is 235 g/mol. The molecule has 0 aromatic heterocycles. The summed E-state index contributed by atoms with van der Waals surface area (Å²) in [5.74, 6) is -0.822. The van der Waals surface area contributed by atoms with Gasteiger partial charge in [-0.25, -0.2) is 0 Å². The number of amides is 1. The SMILES string of the molecule is C=C/C=C(\C=C)C(=O)NCC(F)(F)F.CC. The Bertz CT molecular complexity index is 267. The van der Waals surface area contributed by atoms with Gasteiger partial charge in [-0.2, -0.15) is 13.2 Å². The largest absolute Gasteiger partial charge is 0.405 e. The Morgan fingerprint density at radius 3 is 2.12 bits per heavy atom. The predicted molar refractivity (Wildman–Crippen MR) is 58.9 cm³/mol. The van der Waals surface area contributed by atoms with E-state index in [-0.39, 0.29) is 5.57 Å². The van der Waals surface area contributed by atoms with Crippen LogP contribution in [-0.2, 0) is 4.79 Å². The first-order valence-electron chi connectivity index (χ1n) is 4.71. The molecule has 2 nitrogen and oxygen atoms in total. The number of alkyl halides is 3. The number of hydrogen-bond donors (Lipinski definition) is 1. The zero-order valence-electron chi connectivity index (χ0n) is 9.40. The summed E-state index contributed by atoms with van der Waals surface area (Å²) in [7, 11) is 0. The van der Waals surface area contributed by atoms with E-state index in [9.17, 15) is 18.0 Å². The molecule has 0 aliphatic heterocycles. The van der Waals surface area contributed by atoms with Gasteiger partial charge in [0.15, 0.2) is 0 Å². The highest BCUT2D eigenvalue weighted by molar-refractivity contribution is 5.96. The fraction of sp³-hybridized carbons (Fsp3) is 0.364. The third kappa shape index (κ3) is 9.05. The minimum atomic E-state index is -4.41. The zero-order chi connectivity index (χ0) is 13.2. The second-order valence-electron chi connectivity index (χ2n) is 2.36. The minimum Gasteiger partial charge on any atom is -0.343 e. The molecule has 1 amide bonds. The van der Waals surface area contributed by atoms with E-state index in [0.717, 1.165) is 6.08 Å². The quantitative estimate of drug-likeness (QED) is 0.589. The number of nitrogens with one attached hydrogen (secondary N) is 1. The lowest BCUT2D eigenvalue weighted by Gasteiger charge is -2.08. The van der Waals surface area contributed by atoms with Gasteiger partial charge in [-0.1, -0.05) is 45.2 Å². The number of halogens is 3. The Kier molecular flexibility index (Phi) is 9.25. The van der Waals surface area contributed by atoms with Gasteiger partial charge in [0.2, 0.25) is 0 Å². The average Bonchev–Trinajstić information content (AvgIpc) is 2.24. The lowest BCUT2D eigenvalue weighted by Crippen LogP contribution is -2.34. The number of allylic oxidation sites excluding steroid dienone is 2. The standard InChI is InChI=1S/C9H10F3NO.C2H6/c1-3-5-7(4-2)8(14)13-6-9(10,11)12;1-2/h3-5H,1-2,6H2,(H,13,14);1-2H3/b7-5+;. The molecular weight excluding hydrogens is 219 g/mol. The van der Waals surface area contributed by atoms with Crippen molar-refractivity contribution in [3.05, 3.63) is 37.0 Å². The van der Waals surface area contributed by atoms with Crippen LogP contribution in [-0.4, -0.2) is 18.6 Å². The van der Waals surface area contributed by atoms with Crippen molar-refractivity contribution in [1.29, 1.82) is 0 Å². The molecular formula is C11H16F3NO. The molecule has 16 heavy (non-hydrogen) atoms. The van der Waals surface area contributed by atoms with Gasteiger partial charge in [0.05, 0.1) is 0 Å². The van der Waals surface area contributed by atoms with Crippen molar-refractivity contribution < 1.29 is 18.0 Å². The van der Waals surface area contributed by atoms with Crippen LogP contribution in [0.4, 0.5) is 13.2 Å². The van der Waals surface area contributed by atoms with Crippen molar-refractivity contribution in [1.82, 2.24) is 5.32 Å². The summed E-state index contributed by atoms with van der Waals surface area (Å²) < 4.78 is 35.1. The first-order chi connectivity index (χ1) is 7.40. The molecule has 0 rings (SSSR count). The molecule has 1 N–H and O–H groups in total. The molecule has 0 heterocycles. The number of rotatable bonds is 4. The minimum absolute atomic E-state index is 0.0456. The van der Waals surface area contributed by atoms with Gasteiger partial charge in [0, 0.05) is 5.57 Å². The van der Waals surface area contributed by atoms with Crippen molar-refractivity contribution in [2.75, 3.05) is 6.54 Å². The second-order valence-corrected chi connectivity index (χ2v) is 2.36. The van der Waals surface area contributed by atoms with Gasteiger partial charge in [-0.3, -0.25) is 4.79 Å². The fourth-order valence-electron chi connectivity index (χ4n) is 0.646. The number of hydrogen-bond acceptors (Lipinski definition) is 1. The fourth-order valence-corrected chi connectivity index (χ4v) is 0.646. The summed E-state index contributed by atoms with van der Waals surface area (Å²) in [5, 5.41) is 1.71. The molecule has 0 aromatic rings. The van der Waals surface area contributed by atoms with Crippen molar-refractivity contribution in [2.45, 2.75) is 20.0 Å². The highest BCUT2D eigenvalue weighted by atomic mass is 19.4. The average molecular weight is 235 g/mol. The molecule has 0 unspecified atom stereocenters. The van der Waals surface area contributed by atoms with E-state index in [1.807, 2.05) is 13.8 Å². The third-order valence-corrected chi connectivity index (χ3v) is 1.23. The van der Waals surface area contributed by atoms with E-state index in [0.29, 0.717) is 0 Å². The summed E-state index contributed by atoms with van der Waals surface area (Å²) >= 11 is 0. The first kappa shape index (κ1) is 16.9. The lowest BCUT2D eigenvalue weighted by molar-refractivity contribution is -0.136. The van der Waals surface area contributed by atoms with E-state index in [1.165, 1.54) is 12.2 Å². The highest BCUT2D eigenvalue weighted by Crippen LogP contribution is 2.12. The van der Waals surface area contributed by atoms with Crippen LogP contribution in [0.5, 0.6) is 0 Å². The predicted octanol–water partition coefficient (Wildman–Crippen LogP) is 2.99. The van der Waals surface area contributed by atoms with Crippen LogP contribution in [0.1, 0.15) is 13.8 Å². The van der Waals surface area contributed by atoms with Crippen LogP contribution in [0.2, 0.25) is 0 Å². The second kappa shape index (κ2) is 8.76. The normalized spacial score (nSPS) is 10.9. The number of carbonyl (C=O) groups is 1. The molecule has 0 fully saturated rings. The Morgan fingerprint density at radius 1 is 1.31 bits per heavy atom. The van der Waals surface area contributed by atoms with E-state index >= 15 is 0 Å². The van der Waals surface area contributed by atoms with Crippen LogP contribution in [0.3, 0.4) is 0 Å². The van der Waals surface area contributed by atoms with Gasteiger partial charge in [0.25, 0.3) is 5.91 Å². The van der Waals surface area contributed by atoms with E-state index in [2.05, 4.69) is 13.2 Å². The maximum absolute atomic E-state index is 11.7. The highest BCUT2D eigenvalue weighted by Gasteiger charge is 2.27. The molecule has 0 bridgehead atoms. The topological polar surface area (TPSA) is 29.1 Å². The number of carbonyl (C=O) groups excluding carboxylic acids is 1. The van der Waals surface area contributed by atoms with Crippen LogP contribution in [0, 0.1) is 0 Å². The van der Waals surface area contributed by atoms with Crippen LogP contribution >= 0.6 is 0 Å². The van der Waals surface area contributed by atoms with Gasteiger partial charge in [0.1, 0.15) is 6.54 Å². The van der Waals surface area contributed by atoms with Crippen molar-refractivity contribution in [3.63, 3.8) is 0 Å². The molecule has 0 saturated heterocycles.